The molecule has 0 bridgehead atoms. The zero-order valence-corrected chi connectivity index (χ0v) is 7.36. The lowest BCUT2D eigenvalue weighted by atomic mass is 9.95. The van der Waals surface area contributed by atoms with Gasteiger partial charge in [-0.25, -0.2) is 0 Å². The van der Waals surface area contributed by atoms with Crippen molar-refractivity contribution in [3.8, 4) is 0 Å². The molecule has 0 aromatic rings. The van der Waals surface area contributed by atoms with Crippen LogP contribution in [0.1, 0.15) is 26.2 Å². The second-order valence-electron chi connectivity index (χ2n) is 2.83. The molecular formula is C9H16O3. The number of aliphatic carboxylic acids is 1. The number of carbonyl (C=O) groups is 1. The molecule has 2 atom stereocenters. The van der Waals surface area contributed by atoms with Gasteiger partial charge in [0.05, 0.1) is 12.0 Å². The van der Waals surface area contributed by atoms with E-state index < -0.39 is 18.0 Å². The monoisotopic (exact) mass is 172 g/mol. The molecule has 70 valence electrons. The van der Waals surface area contributed by atoms with Gasteiger partial charge < -0.3 is 10.2 Å². The van der Waals surface area contributed by atoms with Crippen LogP contribution >= 0.6 is 0 Å². The van der Waals surface area contributed by atoms with Crippen molar-refractivity contribution in [1.29, 1.82) is 0 Å². The van der Waals surface area contributed by atoms with Gasteiger partial charge in [-0.05, 0) is 12.8 Å². The van der Waals surface area contributed by atoms with E-state index in [1.807, 2.05) is 6.92 Å². The van der Waals surface area contributed by atoms with Crippen LogP contribution in [-0.2, 0) is 4.79 Å². The molecule has 12 heavy (non-hydrogen) atoms. The fraction of sp³-hybridized carbons (Fsp3) is 0.667. The van der Waals surface area contributed by atoms with Crippen molar-refractivity contribution in [2.45, 2.75) is 32.3 Å². The lowest BCUT2D eigenvalue weighted by molar-refractivity contribution is -0.145. The fourth-order valence-electron chi connectivity index (χ4n) is 1.10. The summed E-state index contributed by atoms with van der Waals surface area (Å²) in [4.78, 5) is 10.6. The van der Waals surface area contributed by atoms with Crippen LogP contribution in [-0.4, -0.2) is 22.3 Å². The third-order valence-electron chi connectivity index (χ3n) is 1.79. The number of hydrogen-bond donors (Lipinski definition) is 2. The van der Waals surface area contributed by atoms with Gasteiger partial charge in [-0.15, -0.1) is 6.58 Å². The zero-order chi connectivity index (χ0) is 9.56. The van der Waals surface area contributed by atoms with Crippen molar-refractivity contribution in [1.82, 2.24) is 0 Å². The lowest BCUT2D eigenvalue weighted by Crippen LogP contribution is -2.27. The van der Waals surface area contributed by atoms with Crippen molar-refractivity contribution in [2.24, 2.45) is 5.92 Å². The van der Waals surface area contributed by atoms with Gasteiger partial charge >= 0.3 is 5.97 Å². The predicted molar refractivity (Wildman–Crippen MR) is 46.9 cm³/mol. The summed E-state index contributed by atoms with van der Waals surface area (Å²) in [7, 11) is 0. The number of rotatable bonds is 6. The molecule has 0 aliphatic carbocycles. The second kappa shape index (κ2) is 5.77. The molecule has 0 saturated carbocycles. The molecule has 0 rings (SSSR count). The summed E-state index contributed by atoms with van der Waals surface area (Å²) in [5.41, 5.74) is 0. The number of allylic oxidation sites excluding steroid dienone is 1. The maximum absolute atomic E-state index is 10.6. The molecule has 0 aromatic carbocycles. The highest BCUT2D eigenvalue weighted by atomic mass is 16.4. The van der Waals surface area contributed by atoms with Gasteiger partial charge in [0.2, 0.25) is 0 Å². The van der Waals surface area contributed by atoms with E-state index in [0.29, 0.717) is 12.8 Å². The Morgan fingerprint density at radius 2 is 2.25 bits per heavy atom. The van der Waals surface area contributed by atoms with E-state index in [1.165, 1.54) is 6.08 Å². The van der Waals surface area contributed by atoms with E-state index in [-0.39, 0.29) is 0 Å². The maximum atomic E-state index is 10.6. The van der Waals surface area contributed by atoms with Crippen LogP contribution in [0.3, 0.4) is 0 Å². The number of aliphatic hydroxyl groups excluding tert-OH is 1. The molecule has 0 fully saturated rings. The summed E-state index contributed by atoms with van der Waals surface area (Å²) in [6.45, 7) is 5.36. The summed E-state index contributed by atoms with van der Waals surface area (Å²) in [6, 6.07) is 0. The first kappa shape index (κ1) is 11.2. The minimum atomic E-state index is -0.948. The Bertz CT molecular complexity index is 154. The van der Waals surface area contributed by atoms with Crippen molar-refractivity contribution in [2.75, 3.05) is 0 Å². The Balaban J connectivity index is 4.08. The second-order valence-corrected chi connectivity index (χ2v) is 2.83. The van der Waals surface area contributed by atoms with Crippen molar-refractivity contribution in [3.05, 3.63) is 12.7 Å². The summed E-state index contributed by atoms with van der Waals surface area (Å²) >= 11 is 0. The lowest BCUT2D eigenvalue weighted by Gasteiger charge is -2.16. The highest BCUT2D eigenvalue weighted by Gasteiger charge is 2.23. The molecule has 0 aliphatic rings. The van der Waals surface area contributed by atoms with Crippen LogP contribution in [0.2, 0.25) is 0 Å². The SMILES string of the molecule is C=CC[C@@H](C(=O)O)[C@@H](O)CCC. The van der Waals surface area contributed by atoms with Gasteiger partial charge in [0, 0.05) is 0 Å². The molecule has 3 heteroatoms. The van der Waals surface area contributed by atoms with Gasteiger partial charge in [-0.2, -0.15) is 0 Å². The molecule has 0 aromatic heterocycles. The van der Waals surface area contributed by atoms with Crippen LogP contribution in [0.15, 0.2) is 12.7 Å². The normalized spacial score (nSPS) is 15.2. The Morgan fingerprint density at radius 1 is 1.67 bits per heavy atom. The molecule has 0 heterocycles. The van der Waals surface area contributed by atoms with Crippen LogP contribution in [0, 0.1) is 5.92 Å². The summed E-state index contributed by atoms with van der Waals surface area (Å²) in [6.07, 6.45) is 2.44. The number of aliphatic hydroxyl groups is 1. The van der Waals surface area contributed by atoms with Crippen LogP contribution in [0.5, 0.6) is 0 Å². The average molecular weight is 172 g/mol. The van der Waals surface area contributed by atoms with E-state index >= 15 is 0 Å². The van der Waals surface area contributed by atoms with Crippen molar-refractivity contribution >= 4 is 5.97 Å². The van der Waals surface area contributed by atoms with E-state index in [4.69, 9.17) is 5.11 Å². The molecule has 0 radical (unpaired) electrons. The first-order chi connectivity index (χ1) is 5.63. The number of carboxylic acids is 1. The summed E-state index contributed by atoms with van der Waals surface area (Å²) in [5.74, 6) is -1.64. The smallest absolute Gasteiger partial charge is 0.309 e. The van der Waals surface area contributed by atoms with E-state index in [1.54, 1.807) is 0 Å². The Hall–Kier alpha value is -0.830. The van der Waals surface area contributed by atoms with E-state index in [9.17, 15) is 9.90 Å². The highest BCUT2D eigenvalue weighted by molar-refractivity contribution is 5.70. The minimum absolute atomic E-state index is 0.330. The topological polar surface area (TPSA) is 57.5 Å². The first-order valence-electron chi connectivity index (χ1n) is 4.15. The quantitative estimate of drug-likeness (QED) is 0.596. The van der Waals surface area contributed by atoms with Gasteiger partial charge in [-0.1, -0.05) is 19.4 Å². The Morgan fingerprint density at radius 3 is 2.58 bits per heavy atom. The molecule has 3 nitrogen and oxygen atoms in total. The predicted octanol–water partition coefficient (Wildman–Crippen LogP) is 1.42. The van der Waals surface area contributed by atoms with Crippen LogP contribution < -0.4 is 0 Å². The molecule has 0 spiro atoms. The largest absolute Gasteiger partial charge is 0.481 e. The Labute approximate surface area is 72.7 Å². The third kappa shape index (κ3) is 3.53. The maximum Gasteiger partial charge on any atom is 0.309 e. The minimum Gasteiger partial charge on any atom is -0.481 e. The Kier molecular flexibility index (Phi) is 5.37. The molecular weight excluding hydrogens is 156 g/mol. The van der Waals surface area contributed by atoms with Gasteiger partial charge in [0.15, 0.2) is 0 Å². The zero-order valence-electron chi connectivity index (χ0n) is 7.36. The van der Waals surface area contributed by atoms with Gasteiger partial charge in [0.25, 0.3) is 0 Å². The summed E-state index contributed by atoms with van der Waals surface area (Å²) in [5, 5.41) is 18.1. The molecule has 0 unspecified atom stereocenters. The molecule has 0 amide bonds. The van der Waals surface area contributed by atoms with Gasteiger partial charge in [0.1, 0.15) is 0 Å². The first-order valence-corrected chi connectivity index (χ1v) is 4.15. The van der Waals surface area contributed by atoms with Crippen molar-refractivity contribution in [3.63, 3.8) is 0 Å². The standard InChI is InChI=1S/C9H16O3/c1-3-5-7(9(11)12)8(10)6-4-2/h3,7-8,10H,1,4-6H2,2H3,(H,11,12)/t7-,8+/m1/s1. The van der Waals surface area contributed by atoms with Gasteiger partial charge in [-0.3, -0.25) is 4.79 Å². The van der Waals surface area contributed by atoms with Crippen LogP contribution in [0.4, 0.5) is 0 Å². The van der Waals surface area contributed by atoms with Crippen LogP contribution in [0.25, 0.3) is 0 Å². The summed E-state index contributed by atoms with van der Waals surface area (Å²) < 4.78 is 0. The molecule has 2 N–H and O–H groups in total. The van der Waals surface area contributed by atoms with E-state index in [2.05, 4.69) is 6.58 Å². The fourth-order valence-corrected chi connectivity index (χ4v) is 1.10. The van der Waals surface area contributed by atoms with Crippen molar-refractivity contribution < 1.29 is 15.0 Å². The average Bonchev–Trinajstić information content (AvgIpc) is 1.99. The number of carboxylic acid groups (broad SMARTS) is 1. The highest BCUT2D eigenvalue weighted by Crippen LogP contribution is 2.14. The number of hydrogen-bond acceptors (Lipinski definition) is 2. The van der Waals surface area contributed by atoms with E-state index in [0.717, 1.165) is 6.42 Å². The third-order valence-corrected chi connectivity index (χ3v) is 1.79. The molecule has 0 saturated heterocycles. The molecule has 0 aliphatic heterocycles.